The van der Waals surface area contributed by atoms with Crippen molar-refractivity contribution in [2.45, 2.75) is 17.9 Å². The molecule has 0 saturated heterocycles. The largest absolute Gasteiger partial charge is 0.387 e. The molecule has 9 heteroatoms. The zero-order valence-corrected chi connectivity index (χ0v) is 15.3. The van der Waals surface area contributed by atoms with Gasteiger partial charge in [-0.15, -0.1) is 0 Å². The third-order valence-corrected chi connectivity index (χ3v) is 4.76. The van der Waals surface area contributed by atoms with E-state index in [4.69, 9.17) is 10.2 Å². The van der Waals surface area contributed by atoms with Crippen LogP contribution in [0.15, 0.2) is 53.4 Å². The first-order chi connectivity index (χ1) is 12.8. The van der Waals surface area contributed by atoms with Gasteiger partial charge in [-0.25, -0.2) is 13.6 Å². The van der Waals surface area contributed by atoms with Gasteiger partial charge in [-0.1, -0.05) is 30.3 Å². The highest BCUT2D eigenvalue weighted by Crippen LogP contribution is 2.10. The van der Waals surface area contributed by atoms with E-state index in [1.165, 1.54) is 12.1 Å². The summed E-state index contributed by atoms with van der Waals surface area (Å²) in [7, 11) is -3.72. The van der Waals surface area contributed by atoms with Gasteiger partial charge in [-0.05, 0) is 35.7 Å². The molecule has 0 aromatic heterocycles. The fourth-order valence-corrected chi connectivity index (χ4v) is 2.92. The number of nitrogens with two attached hydrogens (primary N) is 1. The highest BCUT2D eigenvalue weighted by molar-refractivity contribution is 7.89. The van der Waals surface area contributed by atoms with Gasteiger partial charge < -0.3 is 15.7 Å². The van der Waals surface area contributed by atoms with Crippen LogP contribution >= 0.6 is 0 Å². The summed E-state index contributed by atoms with van der Waals surface area (Å²) in [5, 5.41) is 19.1. The van der Waals surface area contributed by atoms with E-state index in [0.717, 1.165) is 5.56 Å². The molecule has 0 saturated carbocycles. The minimum atomic E-state index is -3.72. The van der Waals surface area contributed by atoms with Crippen LogP contribution < -0.4 is 15.8 Å². The summed E-state index contributed by atoms with van der Waals surface area (Å²) in [4.78, 5) is 23.6. The average molecular weight is 391 g/mol. The number of hydrogen-bond acceptors (Lipinski definition) is 5. The molecule has 2 amide bonds. The molecule has 2 rings (SSSR count). The fraction of sp³-hybridized carbons (Fsp3) is 0.222. The van der Waals surface area contributed by atoms with E-state index < -0.39 is 22.5 Å². The van der Waals surface area contributed by atoms with Crippen molar-refractivity contribution in [3.8, 4) is 0 Å². The third kappa shape index (κ3) is 6.17. The number of amides is 2. The lowest BCUT2D eigenvalue weighted by molar-refractivity contribution is -0.123. The van der Waals surface area contributed by atoms with Crippen molar-refractivity contribution in [3.05, 3.63) is 65.2 Å². The van der Waals surface area contributed by atoms with Crippen molar-refractivity contribution < 1.29 is 23.1 Å². The van der Waals surface area contributed by atoms with Gasteiger partial charge in [0.05, 0.1) is 4.90 Å². The van der Waals surface area contributed by atoms with Crippen LogP contribution in [0.3, 0.4) is 0 Å². The lowest BCUT2D eigenvalue weighted by atomic mass is 10.1. The minimum absolute atomic E-state index is 0.0362. The molecule has 144 valence electrons. The van der Waals surface area contributed by atoms with Crippen LogP contribution in [0.5, 0.6) is 0 Å². The van der Waals surface area contributed by atoms with Crippen LogP contribution in [-0.2, 0) is 27.8 Å². The predicted molar refractivity (Wildman–Crippen MR) is 99.2 cm³/mol. The molecule has 0 spiro atoms. The molecule has 0 fully saturated rings. The van der Waals surface area contributed by atoms with E-state index in [1.807, 2.05) is 0 Å². The fourth-order valence-electron chi connectivity index (χ4n) is 2.41. The highest BCUT2D eigenvalue weighted by atomic mass is 32.2. The minimum Gasteiger partial charge on any atom is -0.387 e. The summed E-state index contributed by atoms with van der Waals surface area (Å²) in [5.41, 5.74) is 1.92. The summed E-state index contributed by atoms with van der Waals surface area (Å²) in [6, 6.07) is 13.0. The number of benzene rings is 2. The molecular weight excluding hydrogens is 370 g/mol. The van der Waals surface area contributed by atoms with Crippen LogP contribution in [0.2, 0.25) is 0 Å². The second kappa shape index (κ2) is 9.26. The number of hydrogen-bond donors (Lipinski definition) is 4. The Balaban J connectivity index is 1.93. The predicted octanol–water partition coefficient (Wildman–Crippen LogP) is -0.0850. The lowest BCUT2D eigenvalue weighted by Crippen LogP contribution is -2.29. The van der Waals surface area contributed by atoms with Gasteiger partial charge >= 0.3 is 0 Å². The number of sulfonamides is 1. The number of aliphatic hydroxyl groups is 1. The van der Waals surface area contributed by atoms with E-state index in [9.17, 15) is 18.0 Å². The Bertz CT molecular complexity index is 911. The highest BCUT2D eigenvalue weighted by Gasteiger charge is 2.11. The maximum Gasteiger partial charge on any atom is 0.251 e. The van der Waals surface area contributed by atoms with E-state index in [0.29, 0.717) is 24.1 Å². The van der Waals surface area contributed by atoms with Crippen LogP contribution in [0.25, 0.3) is 0 Å². The van der Waals surface area contributed by atoms with Crippen molar-refractivity contribution in [3.63, 3.8) is 0 Å². The van der Waals surface area contributed by atoms with Gasteiger partial charge in [0, 0.05) is 18.7 Å². The zero-order valence-electron chi connectivity index (χ0n) is 14.5. The Morgan fingerprint density at radius 3 is 2.30 bits per heavy atom. The number of carbonyl (C=O) groups is 2. The number of rotatable bonds is 8. The van der Waals surface area contributed by atoms with E-state index in [1.54, 1.807) is 36.4 Å². The van der Waals surface area contributed by atoms with Gasteiger partial charge in [-0.3, -0.25) is 9.59 Å². The Hall–Kier alpha value is -2.75. The van der Waals surface area contributed by atoms with Crippen molar-refractivity contribution in [1.82, 2.24) is 10.6 Å². The molecule has 0 atom stereocenters. The molecule has 2 aromatic carbocycles. The van der Waals surface area contributed by atoms with Gasteiger partial charge in [0.2, 0.25) is 15.9 Å². The molecule has 0 heterocycles. The van der Waals surface area contributed by atoms with Crippen LogP contribution in [-0.4, -0.2) is 38.5 Å². The molecule has 0 bridgehead atoms. The van der Waals surface area contributed by atoms with E-state index in [2.05, 4.69) is 10.6 Å². The molecule has 0 aliphatic rings. The number of carbonyl (C=O) groups excluding carboxylic acids is 2. The standard InChI is InChI=1S/C18H21N3O5S/c19-27(25,26)15-7-5-13(6-8-15)9-10-20-18(24)16-4-2-1-3-14(16)11-21-17(23)12-22/h1-8,22H,9-12H2,(H,20,24)(H,21,23)(H2,19,25,26). The molecule has 2 aromatic rings. The molecule has 8 nitrogen and oxygen atoms in total. The Kier molecular flexibility index (Phi) is 7.05. The second-order valence-electron chi connectivity index (χ2n) is 5.79. The first kappa shape index (κ1) is 20.6. The van der Waals surface area contributed by atoms with E-state index in [-0.39, 0.29) is 17.3 Å². The van der Waals surface area contributed by atoms with Crippen molar-refractivity contribution in [1.29, 1.82) is 0 Å². The van der Waals surface area contributed by atoms with Crippen molar-refractivity contribution in [2.75, 3.05) is 13.2 Å². The SMILES string of the molecule is NS(=O)(=O)c1ccc(CCNC(=O)c2ccccc2CNC(=O)CO)cc1. The number of nitrogens with one attached hydrogen (secondary N) is 2. The summed E-state index contributed by atoms with van der Waals surface area (Å²) >= 11 is 0. The quantitative estimate of drug-likeness (QED) is 0.498. The van der Waals surface area contributed by atoms with Gasteiger partial charge in [-0.2, -0.15) is 0 Å². The summed E-state index contributed by atoms with van der Waals surface area (Å²) in [6.07, 6.45) is 0.514. The topological polar surface area (TPSA) is 139 Å². The molecule has 0 unspecified atom stereocenters. The maximum atomic E-state index is 12.4. The zero-order chi connectivity index (χ0) is 19.9. The first-order valence-corrected chi connectivity index (χ1v) is 9.71. The van der Waals surface area contributed by atoms with E-state index >= 15 is 0 Å². The van der Waals surface area contributed by atoms with Crippen molar-refractivity contribution in [2.24, 2.45) is 5.14 Å². The third-order valence-electron chi connectivity index (χ3n) is 3.83. The monoisotopic (exact) mass is 391 g/mol. The van der Waals surface area contributed by atoms with Gasteiger partial charge in [0.1, 0.15) is 6.61 Å². The second-order valence-corrected chi connectivity index (χ2v) is 7.35. The van der Waals surface area contributed by atoms with Crippen LogP contribution in [0.4, 0.5) is 0 Å². The molecule has 0 aliphatic heterocycles. The average Bonchev–Trinajstić information content (AvgIpc) is 2.66. The van der Waals surface area contributed by atoms with Crippen LogP contribution in [0.1, 0.15) is 21.5 Å². The number of aliphatic hydroxyl groups excluding tert-OH is 1. The van der Waals surface area contributed by atoms with Gasteiger partial charge in [0.25, 0.3) is 5.91 Å². The summed E-state index contributed by atoms with van der Waals surface area (Å²) in [6.45, 7) is -0.124. The molecule has 5 N–H and O–H groups in total. The lowest BCUT2D eigenvalue weighted by Gasteiger charge is -2.11. The normalized spacial score (nSPS) is 11.0. The Morgan fingerprint density at radius 1 is 1.00 bits per heavy atom. The molecular formula is C18H21N3O5S. The molecule has 0 radical (unpaired) electrons. The summed E-state index contributed by atoms with van der Waals surface area (Å²) in [5.74, 6) is -0.807. The van der Waals surface area contributed by atoms with Gasteiger partial charge in [0.15, 0.2) is 0 Å². The molecule has 0 aliphatic carbocycles. The number of primary sulfonamides is 1. The Morgan fingerprint density at radius 2 is 1.67 bits per heavy atom. The Labute approximate surface area is 157 Å². The molecule has 27 heavy (non-hydrogen) atoms. The summed E-state index contributed by atoms with van der Waals surface area (Å²) < 4.78 is 22.5. The van der Waals surface area contributed by atoms with Crippen molar-refractivity contribution >= 4 is 21.8 Å². The maximum absolute atomic E-state index is 12.4. The smallest absolute Gasteiger partial charge is 0.251 e. The van der Waals surface area contributed by atoms with Crippen LogP contribution in [0, 0.1) is 0 Å². The first-order valence-electron chi connectivity index (χ1n) is 8.16.